The summed E-state index contributed by atoms with van der Waals surface area (Å²) in [7, 11) is 0. The second kappa shape index (κ2) is 3.37. The maximum absolute atomic E-state index is 10.5. The summed E-state index contributed by atoms with van der Waals surface area (Å²) >= 11 is 8.56. The second-order valence-corrected chi connectivity index (χ2v) is 3.30. The van der Waals surface area contributed by atoms with Crippen molar-refractivity contribution in [2.45, 2.75) is 6.92 Å². The molecule has 1 aromatic rings. The molecule has 64 valence electrons. The minimum atomic E-state index is -0.493. The summed E-state index contributed by atoms with van der Waals surface area (Å²) in [5, 5.41) is 10.6. The molecule has 0 aliphatic rings. The number of pyridine rings is 1. The summed E-state index contributed by atoms with van der Waals surface area (Å²) < 4.78 is 0.231. The number of nitro groups is 1. The number of halogens is 2. The van der Waals surface area contributed by atoms with Gasteiger partial charge in [0.25, 0.3) is 5.69 Å². The van der Waals surface area contributed by atoms with E-state index in [1.54, 1.807) is 6.92 Å². The Kier molecular flexibility index (Phi) is 2.64. The van der Waals surface area contributed by atoms with Crippen molar-refractivity contribution in [1.29, 1.82) is 0 Å². The van der Waals surface area contributed by atoms with Crippen LogP contribution in [0.1, 0.15) is 5.56 Å². The maximum atomic E-state index is 10.5. The summed E-state index contributed by atoms with van der Waals surface area (Å²) in [4.78, 5) is 13.7. The first-order chi connectivity index (χ1) is 5.54. The Labute approximate surface area is 81.8 Å². The van der Waals surface area contributed by atoms with E-state index in [1.807, 2.05) is 0 Å². The zero-order valence-corrected chi connectivity index (χ0v) is 8.39. The van der Waals surface area contributed by atoms with Gasteiger partial charge in [-0.25, -0.2) is 4.98 Å². The van der Waals surface area contributed by atoms with Gasteiger partial charge in [0.2, 0.25) is 0 Å². The molecule has 1 aromatic heterocycles. The van der Waals surface area contributed by atoms with E-state index in [0.717, 1.165) is 0 Å². The third-order valence-corrected chi connectivity index (χ3v) is 2.58. The average Bonchev–Trinajstić information content (AvgIpc) is 1.97. The van der Waals surface area contributed by atoms with Crippen molar-refractivity contribution in [1.82, 2.24) is 4.98 Å². The number of hydrogen-bond donors (Lipinski definition) is 0. The van der Waals surface area contributed by atoms with Gasteiger partial charge >= 0.3 is 0 Å². The molecule has 1 rings (SSSR count). The van der Waals surface area contributed by atoms with Gasteiger partial charge in [-0.15, -0.1) is 0 Å². The number of aromatic nitrogens is 1. The lowest BCUT2D eigenvalue weighted by atomic mass is 10.3. The van der Waals surface area contributed by atoms with Gasteiger partial charge in [-0.3, -0.25) is 10.1 Å². The van der Waals surface area contributed by atoms with Crippen LogP contribution in [0.5, 0.6) is 0 Å². The SMILES string of the molecule is Cc1cnc(Cl)c(Br)c1[N+](=O)[O-]. The van der Waals surface area contributed by atoms with Crippen LogP contribution >= 0.6 is 27.5 Å². The molecule has 0 saturated heterocycles. The summed E-state index contributed by atoms with van der Waals surface area (Å²) in [6, 6.07) is 0. The highest BCUT2D eigenvalue weighted by Gasteiger charge is 2.18. The molecule has 0 aliphatic heterocycles. The van der Waals surface area contributed by atoms with Crippen LogP contribution in [0, 0.1) is 17.0 Å². The molecule has 0 spiro atoms. The lowest BCUT2D eigenvalue weighted by molar-refractivity contribution is -0.386. The normalized spacial score (nSPS) is 9.92. The smallest absolute Gasteiger partial charge is 0.258 e. The molecule has 0 aromatic carbocycles. The number of aryl methyl sites for hydroxylation is 1. The summed E-state index contributed by atoms with van der Waals surface area (Å²) in [5.74, 6) is 0. The van der Waals surface area contributed by atoms with Crippen LogP contribution in [-0.4, -0.2) is 9.91 Å². The van der Waals surface area contributed by atoms with Crippen molar-refractivity contribution in [3.05, 3.63) is 31.5 Å². The topological polar surface area (TPSA) is 56.0 Å². The van der Waals surface area contributed by atoms with Crippen LogP contribution in [0.15, 0.2) is 10.7 Å². The quantitative estimate of drug-likeness (QED) is 0.438. The first kappa shape index (κ1) is 9.41. The van der Waals surface area contributed by atoms with Gasteiger partial charge in [-0.1, -0.05) is 11.6 Å². The van der Waals surface area contributed by atoms with E-state index >= 15 is 0 Å². The molecular weight excluding hydrogens is 247 g/mol. The van der Waals surface area contributed by atoms with Gasteiger partial charge in [0.05, 0.1) is 4.92 Å². The monoisotopic (exact) mass is 250 g/mol. The van der Waals surface area contributed by atoms with Crippen LogP contribution in [0.4, 0.5) is 5.69 Å². The van der Waals surface area contributed by atoms with Crippen LogP contribution in [0.3, 0.4) is 0 Å². The number of rotatable bonds is 1. The largest absolute Gasteiger partial charge is 0.291 e. The fourth-order valence-electron chi connectivity index (χ4n) is 0.766. The van der Waals surface area contributed by atoms with Gasteiger partial charge in [0, 0.05) is 11.8 Å². The highest BCUT2D eigenvalue weighted by molar-refractivity contribution is 9.10. The van der Waals surface area contributed by atoms with Crippen molar-refractivity contribution in [3.8, 4) is 0 Å². The van der Waals surface area contributed by atoms with Gasteiger partial charge < -0.3 is 0 Å². The molecular formula is C6H4BrClN2O2. The third kappa shape index (κ3) is 1.56. The minimum absolute atomic E-state index is 0.0324. The molecule has 0 radical (unpaired) electrons. The van der Waals surface area contributed by atoms with Crippen LogP contribution in [-0.2, 0) is 0 Å². The molecule has 0 unspecified atom stereocenters. The van der Waals surface area contributed by atoms with Gasteiger partial charge in [0.15, 0.2) is 0 Å². The zero-order valence-electron chi connectivity index (χ0n) is 6.04. The van der Waals surface area contributed by atoms with E-state index in [9.17, 15) is 10.1 Å². The van der Waals surface area contributed by atoms with Crippen molar-refractivity contribution < 1.29 is 4.92 Å². The van der Waals surface area contributed by atoms with Crippen molar-refractivity contribution in [2.24, 2.45) is 0 Å². The Balaban J connectivity index is 3.43. The first-order valence-corrected chi connectivity index (χ1v) is 4.16. The van der Waals surface area contributed by atoms with E-state index in [0.29, 0.717) is 5.56 Å². The molecule has 12 heavy (non-hydrogen) atoms. The lowest BCUT2D eigenvalue weighted by Crippen LogP contribution is -1.94. The van der Waals surface area contributed by atoms with E-state index in [4.69, 9.17) is 11.6 Å². The number of nitrogens with zero attached hydrogens (tertiary/aromatic N) is 2. The molecule has 1 heterocycles. The van der Waals surface area contributed by atoms with Crippen LogP contribution < -0.4 is 0 Å². The van der Waals surface area contributed by atoms with Crippen LogP contribution in [0.2, 0.25) is 5.15 Å². The maximum Gasteiger partial charge on any atom is 0.291 e. The first-order valence-electron chi connectivity index (χ1n) is 2.99. The minimum Gasteiger partial charge on any atom is -0.258 e. The molecule has 0 N–H and O–H groups in total. The van der Waals surface area contributed by atoms with Gasteiger partial charge in [-0.2, -0.15) is 0 Å². The summed E-state index contributed by atoms with van der Waals surface area (Å²) in [6.45, 7) is 1.60. The van der Waals surface area contributed by atoms with Gasteiger partial charge in [0.1, 0.15) is 9.63 Å². The fraction of sp³-hybridized carbons (Fsp3) is 0.167. The second-order valence-electron chi connectivity index (χ2n) is 2.15. The third-order valence-electron chi connectivity index (χ3n) is 1.32. The zero-order chi connectivity index (χ0) is 9.30. The average molecular weight is 251 g/mol. The van der Waals surface area contributed by atoms with E-state index in [2.05, 4.69) is 20.9 Å². The predicted octanol–water partition coefficient (Wildman–Crippen LogP) is 2.71. The standard InChI is InChI=1S/C6H4BrClN2O2/c1-3-2-9-6(8)4(7)5(3)10(11)12/h2H,1H3. The molecule has 0 bridgehead atoms. The molecule has 0 atom stereocenters. The Morgan fingerprint density at radius 2 is 2.33 bits per heavy atom. The van der Waals surface area contributed by atoms with E-state index in [-0.39, 0.29) is 15.3 Å². The Morgan fingerprint density at radius 1 is 1.75 bits per heavy atom. The summed E-state index contributed by atoms with van der Waals surface area (Å²) in [6.07, 6.45) is 1.37. The molecule has 6 heteroatoms. The molecule has 0 amide bonds. The molecule has 0 saturated carbocycles. The molecule has 0 aliphatic carbocycles. The Hall–Kier alpha value is -0.680. The lowest BCUT2D eigenvalue weighted by Gasteiger charge is -1.99. The van der Waals surface area contributed by atoms with Crippen molar-refractivity contribution in [2.75, 3.05) is 0 Å². The van der Waals surface area contributed by atoms with Gasteiger partial charge in [-0.05, 0) is 22.9 Å². The Bertz CT molecular complexity index is 343. The van der Waals surface area contributed by atoms with Crippen molar-refractivity contribution in [3.63, 3.8) is 0 Å². The predicted molar refractivity (Wildman–Crippen MR) is 48.3 cm³/mol. The highest BCUT2D eigenvalue weighted by atomic mass is 79.9. The van der Waals surface area contributed by atoms with E-state index < -0.39 is 4.92 Å². The highest BCUT2D eigenvalue weighted by Crippen LogP contribution is 2.32. The van der Waals surface area contributed by atoms with E-state index in [1.165, 1.54) is 6.20 Å². The van der Waals surface area contributed by atoms with Crippen LogP contribution in [0.25, 0.3) is 0 Å². The molecule has 4 nitrogen and oxygen atoms in total. The summed E-state index contributed by atoms with van der Waals surface area (Å²) in [5.41, 5.74) is 0.450. The van der Waals surface area contributed by atoms with Crippen molar-refractivity contribution >= 4 is 33.2 Å². The number of hydrogen-bond acceptors (Lipinski definition) is 3. The molecule has 0 fully saturated rings. The fourth-order valence-corrected chi connectivity index (χ4v) is 1.46. The Morgan fingerprint density at radius 3 is 2.75 bits per heavy atom.